The van der Waals surface area contributed by atoms with E-state index >= 15 is 0 Å². The van der Waals surface area contributed by atoms with Crippen molar-refractivity contribution in [2.75, 3.05) is 4.90 Å². The molecule has 4 rings (SSSR count). The van der Waals surface area contributed by atoms with Crippen LogP contribution in [0.3, 0.4) is 0 Å². The fraction of sp³-hybridized carbons (Fsp3) is 0.440. The Hall–Kier alpha value is -3.01. The first-order valence-electron chi connectivity index (χ1n) is 11.0. The molecule has 168 valence electrons. The van der Waals surface area contributed by atoms with E-state index in [1.807, 2.05) is 23.1 Å². The van der Waals surface area contributed by atoms with Gasteiger partial charge in [0.25, 0.3) is 5.91 Å². The van der Waals surface area contributed by atoms with Crippen molar-refractivity contribution >= 4 is 11.6 Å². The maximum Gasteiger partial charge on any atom is 0.573 e. The lowest BCUT2D eigenvalue weighted by molar-refractivity contribution is -0.274. The summed E-state index contributed by atoms with van der Waals surface area (Å²) in [4.78, 5) is 15.4. The van der Waals surface area contributed by atoms with Crippen LogP contribution in [0.4, 0.5) is 18.9 Å². The number of rotatable bonds is 5. The summed E-state index contributed by atoms with van der Waals surface area (Å²) in [6.45, 7) is 2.19. The number of para-hydroxylation sites is 1. The van der Waals surface area contributed by atoms with Gasteiger partial charge in [0, 0.05) is 23.7 Å². The highest BCUT2D eigenvalue weighted by atomic mass is 19.4. The number of amides is 1. The molecule has 0 N–H and O–H groups in total. The Labute approximate surface area is 185 Å². The molecule has 4 atom stereocenters. The summed E-state index contributed by atoms with van der Waals surface area (Å²) in [5, 5.41) is 9.04. The third-order valence-corrected chi connectivity index (χ3v) is 6.76. The summed E-state index contributed by atoms with van der Waals surface area (Å²) in [6.07, 6.45) is -0.525. The lowest BCUT2D eigenvalue weighted by Gasteiger charge is -2.46. The zero-order chi connectivity index (χ0) is 22.9. The van der Waals surface area contributed by atoms with Gasteiger partial charge in [-0.3, -0.25) is 4.79 Å². The number of benzene rings is 2. The van der Waals surface area contributed by atoms with Crippen molar-refractivity contribution in [3.05, 3.63) is 59.7 Å². The molecule has 1 saturated carbocycles. The van der Waals surface area contributed by atoms with E-state index in [-0.39, 0.29) is 23.6 Å². The second-order valence-corrected chi connectivity index (χ2v) is 8.67. The summed E-state index contributed by atoms with van der Waals surface area (Å²) < 4.78 is 41.3. The number of fused-ring (bicyclic) bond motifs is 2. The van der Waals surface area contributed by atoms with Gasteiger partial charge in [-0.05, 0) is 72.9 Å². The molecule has 0 aromatic heterocycles. The lowest BCUT2D eigenvalue weighted by atomic mass is 9.70. The van der Waals surface area contributed by atoms with Crippen LogP contribution in [-0.2, 0) is 0 Å². The molecule has 0 bridgehead atoms. The van der Waals surface area contributed by atoms with Gasteiger partial charge in [-0.1, -0.05) is 31.5 Å². The van der Waals surface area contributed by atoms with Gasteiger partial charge in [0.1, 0.15) is 5.75 Å². The van der Waals surface area contributed by atoms with Gasteiger partial charge in [-0.15, -0.1) is 13.2 Å². The van der Waals surface area contributed by atoms with Crippen LogP contribution in [0.25, 0.3) is 0 Å². The molecule has 1 aliphatic heterocycles. The predicted octanol–water partition coefficient (Wildman–Crippen LogP) is 6.44. The Balaban J connectivity index is 1.68. The Bertz CT molecular complexity index is 1010. The first-order chi connectivity index (χ1) is 15.3. The van der Waals surface area contributed by atoms with Crippen LogP contribution in [0.1, 0.15) is 60.9 Å². The summed E-state index contributed by atoms with van der Waals surface area (Å²) in [7, 11) is 0. The highest BCUT2D eigenvalue weighted by Gasteiger charge is 2.47. The fourth-order valence-electron chi connectivity index (χ4n) is 5.51. The van der Waals surface area contributed by atoms with Crippen molar-refractivity contribution in [2.24, 2.45) is 11.8 Å². The zero-order valence-corrected chi connectivity index (χ0v) is 17.8. The van der Waals surface area contributed by atoms with Gasteiger partial charge >= 0.3 is 6.36 Å². The molecule has 0 saturated heterocycles. The van der Waals surface area contributed by atoms with Gasteiger partial charge in [0.05, 0.1) is 6.07 Å². The number of carbonyl (C=O) groups excluding carboxylic acids is 1. The molecule has 7 heteroatoms. The van der Waals surface area contributed by atoms with Crippen LogP contribution < -0.4 is 9.64 Å². The first-order valence-corrected chi connectivity index (χ1v) is 11.0. The largest absolute Gasteiger partial charge is 0.573 e. The van der Waals surface area contributed by atoms with Gasteiger partial charge in [-0.2, -0.15) is 5.26 Å². The van der Waals surface area contributed by atoms with E-state index in [0.717, 1.165) is 36.9 Å². The SMILES string of the molecule is CC(CCC#N)C1c2ccccc2N(C(=O)c2ccc(OC(F)(F)F)cc2)C2CCCC12. The Morgan fingerprint density at radius 2 is 1.91 bits per heavy atom. The number of ether oxygens (including phenoxy) is 1. The number of alkyl halides is 3. The fourth-order valence-corrected chi connectivity index (χ4v) is 5.51. The molecule has 1 fully saturated rings. The quantitative estimate of drug-likeness (QED) is 0.536. The van der Waals surface area contributed by atoms with Crippen molar-refractivity contribution in [1.29, 1.82) is 5.26 Å². The Kier molecular flexibility index (Phi) is 6.14. The predicted molar refractivity (Wildman–Crippen MR) is 114 cm³/mol. The van der Waals surface area contributed by atoms with Crippen molar-refractivity contribution in [2.45, 2.75) is 57.3 Å². The van der Waals surface area contributed by atoms with Gasteiger partial charge in [0.15, 0.2) is 0 Å². The number of nitrogens with zero attached hydrogens (tertiary/aromatic N) is 2. The molecule has 2 aromatic rings. The van der Waals surface area contributed by atoms with E-state index in [0.29, 0.717) is 23.8 Å². The van der Waals surface area contributed by atoms with Crippen LogP contribution in [-0.4, -0.2) is 18.3 Å². The average Bonchev–Trinajstić information content (AvgIpc) is 3.23. The van der Waals surface area contributed by atoms with Crippen molar-refractivity contribution in [3.63, 3.8) is 0 Å². The van der Waals surface area contributed by atoms with Gasteiger partial charge in [0.2, 0.25) is 0 Å². The van der Waals surface area contributed by atoms with Crippen LogP contribution in [0.15, 0.2) is 48.5 Å². The smallest absolute Gasteiger partial charge is 0.406 e. The van der Waals surface area contributed by atoms with E-state index in [1.54, 1.807) is 0 Å². The Morgan fingerprint density at radius 1 is 1.19 bits per heavy atom. The number of nitriles is 1. The zero-order valence-electron chi connectivity index (χ0n) is 17.8. The van der Waals surface area contributed by atoms with Crippen molar-refractivity contribution < 1.29 is 22.7 Å². The monoisotopic (exact) mass is 442 g/mol. The normalized spacial score (nSPS) is 23.1. The number of hydrogen-bond donors (Lipinski definition) is 0. The number of anilines is 1. The summed E-state index contributed by atoms with van der Waals surface area (Å²) >= 11 is 0. The second-order valence-electron chi connectivity index (χ2n) is 8.67. The summed E-state index contributed by atoms with van der Waals surface area (Å²) in [6, 6.07) is 15.3. The molecular formula is C25H25F3N2O2. The van der Waals surface area contributed by atoms with Gasteiger partial charge < -0.3 is 9.64 Å². The molecule has 4 unspecified atom stereocenters. The number of carbonyl (C=O) groups is 1. The minimum atomic E-state index is -4.77. The molecule has 4 nitrogen and oxygen atoms in total. The lowest BCUT2D eigenvalue weighted by Crippen LogP contribution is -2.49. The minimum Gasteiger partial charge on any atom is -0.406 e. The van der Waals surface area contributed by atoms with E-state index in [9.17, 15) is 18.0 Å². The maximum absolute atomic E-state index is 13.6. The Morgan fingerprint density at radius 3 is 2.59 bits per heavy atom. The summed E-state index contributed by atoms with van der Waals surface area (Å²) in [5.74, 6) is 0.334. The third-order valence-electron chi connectivity index (χ3n) is 6.76. The number of hydrogen-bond acceptors (Lipinski definition) is 3. The summed E-state index contributed by atoms with van der Waals surface area (Å²) in [5.41, 5.74) is 2.31. The van der Waals surface area contributed by atoms with Crippen LogP contribution in [0.5, 0.6) is 5.75 Å². The molecule has 32 heavy (non-hydrogen) atoms. The average molecular weight is 442 g/mol. The molecular weight excluding hydrogens is 417 g/mol. The molecule has 1 aliphatic carbocycles. The van der Waals surface area contributed by atoms with E-state index in [2.05, 4.69) is 23.8 Å². The molecule has 2 aliphatic rings. The van der Waals surface area contributed by atoms with E-state index < -0.39 is 6.36 Å². The molecule has 0 spiro atoms. The molecule has 1 amide bonds. The van der Waals surface area contributed by atoms with Crippen LogP contribution in [0, 0.1) is 23.2 Å². The van der Waals surface area contributed by atoms with Crippen LogP contribution >= 0.6 is 0 Å². The maximum atomic E-state index is 13.6. The van der Waals surface area contributed by atoms with Crippen molar-refractivity contribution in [1.82, 2.24) is 0 Å². The third kappa shape index (κ3) is 4.32. The van der Waals surface area contributed by atoms with E-state index in [1.165, 1.54) is 24.3 Å². The van der Waals surface area contributed by atoms with E-state index in [4.69, 9.17) is 5.26 Å². The molecule has 2 aromatic carbocycles. The number of halogens is 3. The molecule has 1 heterocycles. The first kappa shape index (κ1) is 22.2. The highest BCUT2D eigenvalue weighted by Crippen LogP contribution is 2.52. The standard InChI is InChI=1S/C25H25F3N2O2/c1-16(6-5-15-29)23-19-7-2-3-9-21(19)30(22-10-4-8-20(22)23)24(31)17-11-13-18(14-12-17)32-25(26,27)28/h2-3,7,9,11-14,16,20,22-23H,4-6,8,10H2,1H3. The van der Waals surface area contributed by atoms with Gasteiger partial charge in [-0.25, -0.2) is 0 Å². The van der Waals surface area contributed by atoms with Crippen LogP contribution in [0.2, 0.25) is 0 Å². The molecule has 0 radical (unpaired) electrons. The second kappa shape index (κ2) is 8.85. The topological polar surface area (TPSA) is 53.3 Å². The highest BCUT2D eigenvalue weighted by molar-refractivity contribution is 6.07. The minimum absolute atomic E-state index is 0.0398. The van der Waals surface area contributed by atoms with Crippen molar-refractivity contribution in [3.8, 4) is 11.8 Å².